The van der Waals surface area contributed by atoms with E-state index in [-0.39, 0.29) is 5.60 Å². The summed E-state index contributed by atoms with van der Waals surface area (Å²) < 4.78 is 0. The first-order valence-electron chi connectivity index (χ1n) is 6.07. The van der Waals surface area contributed by atoms with Crippen molar-refractivity contribution in [1.29, 1.82) is 0 Å². The second kappa shape index (κ2) is 4.00. The molecule has 0 spiro atoms. The summed E-state index contributed by atoms with van der Waals surface area (Å²) in [7, 11) is 0. The molecular weight excluding hydrogens is 212 g/mol. The van der Waals surface area contributed by atoms with E-state index in [9.17, 15) is 5.11 Å². The minimum atomic E-state index is -0.377. The van der Waals surface area contributed by atoms with Gasteiger partial charge in [-0.15, -0.1) is 0 Å². The summed E-state index contributed by atoms with van der Waals surface area (Å²) in [5.41, 5.74) is 2.82. The monoisotopic (exact) mass is 228 g/mol. The van der Waals surface area contributed by atoms with Crippen LogP contribution in [0.3, 0.4) is 0 Å². The lowest BCUT2D eigenvalue weighted by Crippen LogP contribution is -2.07. The number of H-pyrrole nitrogens is 1. The molecule has 1 aliphatic rings. The number of rotatable bonds is 4. The summed E-state index contributed by atoms with van der Waals surface area (Å²) in [6.45, 7) is 0. The number of aliphatic hydroxyl groups is 1. The second-order valence-corrected chi connectivity index (χ2v) is 4.87. The van der Waals surface area contributed by atoms with Crippen molar-refractivity contribution in [1.82, 2.24) is 10.2 Å². The molecule has 17 heavy (non-hydrogen) atoms. The van der Waals surface area contributed by atoms with E-state index in [0.29, 0.717) is 0 Å². The van der Waals surface area contributed by atoms with Gasteiger partial charge in [0.15, 0.2) is 0 Å². The molecule has 3 rings (SSSR count). The van der Waals surface area contributed by atoms with Crippen molar-refractivity contribution in [2.75, 3.05) is 0 Å². The highest BCUT2D eigenvalue weighted by atomic mass is 16.3. The Bertz CT molecular complexity index is 500. The van der Waals surface area contributed by atoms with Crippen molar-refractivity contribution in [2.24, 2.45) is 0 Å². The van der Waals surface area contributed by atoms with E-state index >= 15 is 0 Å². The molecule has 0 saturated heterocycles. The zero-order chi connectivity index (χ0) is 11.7. The van der Waals surface area contributed by atoms with Crippen LogP contribution >= 0.6 is 0 Å². The van der Waals surface area contributed by atoms with Crippen molar-refractivity contribution in [3.05, 3.63) is 42.1 Å². The molecule has 0 aliphatic heterocycles. The van der Waals surface area contributed by atoms with Gasteiger partial charge in [-0.25, -0.2) is 0 Å². The van der Waals surface area contributed by atoms with Gasteiger partial charge >= 0.3 is 0 Å². The molecular formula is C14H16N2O. The number of nitrogens with one attached hydrogen (secondary N) is 1. The summed E-state index contributed by atoms with van der Waals surface area (Å²) in [6, 6.07) is 12.2. The van der Waals surface area contributed by atoms with E-state index in [1.165, 1.54) is 0 Å². The number of benzene rings is 1. The molecule has 1 heterocycles. The lowest BCUT2D eigenvalue weighted by atomic mass is 10.1. The zero-order valence-electron chi connectivity index (χ0n) is 9.69. The van der Waals surface area contributed by atoms with Crippen LogP contribution in [-0.2, 0) is 6.42 Å². The Morgan fingerprint density at radius 1 is 1.24 bits per heavy atom. The van der Waals surface area contributed by atoms with Crippen LogP contribution in [0.5, 0.6) is 0 Å². The molecule has 1 aromatic carbocycles. The van der Waals surface area contributed by atoms with Gasteiger partial charge in [0.25, 0.3) is 0 Å². The largest absolute Gasteiger partial charge is 0.390 e. The van der Waals surface area contributed by atoms with Gasteiger partial charge in [0, 0.05) is 11.3 Å². The first kappa shape index (κ1) is 10.5. The van der Waals surface area contributed by atoms with Gasteiger partial charge in [-0.3, -0.25) is 5.10 Å². The summed E-state index contributed by atoms with van der Waals surface area (Å²) in [6.07, 6.45) is 3.61. The van der Waals surface area contributed by atoms with Crippen LogP contribution in [0, 0.1) is 0 Å². The minimum Gasteiger partial charge on any atom is -0.390 e. The Hall–Kier alpha value is -1.61. The Balaban J connectivity index is 1.70. The predicted octanol–water partition coefficient (Wildman–Crippen LogP) is 2.53. The van der Waals surface area contributed by atoms with E-state index in [4.69, 9.17) is 0 Å². The summed E-state index contributed by atoms with van der Waals surface area (Å²) in [5.74, 6) is 0. The maximum Gasteiger partial charge on any atom is 0.0923 e. The first-order chi connectivity index (χ1) is 8.25. The Morgan fingerprint density at radius 2 is 2.00 bits per heavy atom. The molecule has 1 saturated carbocycles. The zero-order valence-corrected chi connectivity index (χ0v) is 9.69. The van der Waals surface area contributed by atoms with E-state index in [1.54, 1.807) is 0 Å². The molecule has 0 bridgehead atoms. The number of hydrogen-bond donors (Lipinski definition) is 2. The van der Waals surface area contributed by atoms with E-state index in [0.717, 1.165) is 42.6 Å². The maximum atomic E-state index is 9.78. The van der Waals surface area contributed by atoms with E-state index in [2.05, 4.69) is 16.3 Å². The Morgan fingerprint density at radius 3 is 2.71 bits per heavy atom. The number of aromatic amines is 1. The van der Waals surface area contributed by atoms with Crippen molar-refractivity contribution < 1.29 is 5.11 Å². The summed E-state index contributed by atoms with van der Waals surface area (Å²) in [4.78, 5) is 0. The van der Waals surface area contributed by atoms with Crippen LogP contribution in [0.2, 0.25) is 0 Å². The Kier molecular flexibility index (Phi) is 2.48. The lowest BCUT2D eigenvalue weighted by molar-refractivity contribution is 0.140. The smallest absolute Gasteiger partial charge is 0.0923 e. The molecule has 2 N–H and O–H groups in total. The molecule has 0 radical (unpaired) electrons. The van der Waals surface area contributed by atoms with Crippen molar-refractivity contribution >= 4 is 0 Å². The average Bonchev–Trinajstić information content (AvgIpc) is 2.93. The lowest BCUT2D eigenvalue weighted by Gasteiger charge is -2.04. The normalized spacial score (nSPS) is 17.0. The van der Waals surface area contributed by atoms with Crippen molar-refractivity contribution in [2.45, 2.75) is 31.3 Å². The van der Waals surface area contributed by atoms with Crippen molar-refractivity contribution in [3.63, 3.8) is 0 Å². The standard InChI is InChI=1S/C14H16N2O/c17-14(8-9-14)7-6-12-10-13(16-15-12)11-4-2-1-3-5-11/h1-5,10,17H,6-9H2,(H,15,16). The molecule has 88 valence electrons. The van der Waals surface area contributed by atoms with Gasteiger partial charge in [0.2, 0.25) is 0 Å². The van der Waals surface area contributed by atoms with Crippen LogP contribution in [0.1, 0.15) is 25.0 Å². The number of hydrogen-bond acceptors (Lipinski definition) is 2. The molecule has 1 fully saturated rings. The van der Waals surface area contributed by atoms with Gasteiger partial charge in [0.1, 0.15) is 0 Å². The molecule has 2 aromatic rings. The van der Waals surface area contributed by atoms with Gasteiger partial charge in [-0.05, 0) is 31.7 Å². The van der Waals surface area contributed by atoms with Gasteiger partial charge in [-0.1, -0.05) is 30.3 Å². The Labute approximate surface area is 100 Å². The van der Waals surface area contributed by atoms with Gasteiger partial charge in [-0.2, -0.15) is 5.10 Å². The number of aryl methyl sites for hydroxylation is 1. The van der Waals surface area contributed by atoms with Crippen LogP contribution in [0.4, 0.5) is 0 Å². The van der Waals surface area contributed by atoms with Crippen LogP contribution in [-0.4, -0.2) is 20.9 Å². The first-order valence-corrected chi connectivity index (χ1v) is 6.07. The topological polar surface area (TPSA) is 48.9 Å². The van der Waals surface area contributed by atoms with Gasteiger partial charge < -0.3 is 5.11 Å². The highest BCUT2D eigenvalue weighted by Gasteiger charge is 2.39. The number of nitrogens with zero attached hydrogens (tertiary/aromatic N) is 1. The highest BCUT2D eigenvalue weighted by Crippen LogP contribution is 2.39. The third kappa shape index (κ3) is 2.39. The highest BCUT2D eigenvalue weighted by molar-refractivity contribution is 5.58. The summed E-state index contributed by atoms with van der Waals surface area (Å²) in [5, 5.41) is 17.1. The van der Waals surface area contributed by atoms with E-state index < -0.39 is 0 Å². The second-order valence-electron chi connectivity index (χ2n) is 4.87. The van der Waals surface area contributed by atoms with Crippen LogP contribution in [0.15, 0.2) is 36.4 Å². The minimum absolute atomic E-state index is 0.377. The quantitative estimate of drug-likeness (QED) is 0.844. The molecule has 1 aliphatic carbocycles. The van der Waals surface area contributed by atoms with Gasteiger partial charge in [0.05, 0.1) is 11.3 Å². The number of aromatic nitrogens is 2. The molecule has 3 nitrogen and oxygen atoms in total. The van der Waals surface area contributed by atoms with Crippen LogP contribution in [0.25, 0.3) is 11.3 Å². The fourth-order valence-corrected chi connectivity index (χ4v) is 2.01. The third-order valence-electron chi connectivity index (χ3n) is 3.39. The van der Waals surface area contributed by atoms with Crippen molar-refractivity contribution in [3.8, 4) is 11.3 Å². The van der Waals surface area contributed by atoms with E-state index in [1.807, 2.05) is 30.3 Å². The predicted molar refractivity (Wildman–Crippen MR) is 66.5 cm³/mol. The molecule has 0 atom stereocenters. The molecule has 3 heteroatoms. The molecule has 0 unspecified atom stereocenters. The fraction of sp³-hybridized carbons (Fsp3) is 0.357. The fourth-order valence-electron chi connectivity index (χ4n) is 2.01. The SMILES string of the molecule is OC1(CCc2cc(-c3ccccc3)n[nH]2)CC1. The van der Waals surface area contributed by atoms with Crippen LogP contribution < -0.4 is 0 Å². The molecule has 0 amide bonds. The maximum absolute atomic E-state index is 9.78. The third-order valence-corrected chi connectivity index (χ3v) is 3.39. The average molecular weight is 228 g/mol. The summed E-state index contributed by atoms with van der Waals surface area (Å²) >= 11 is 0. The molecule has 1 aromatic heterocycles.